The second-order valence-corrected chi connectivity index (χ2v) is 11.4. The summed E-state index contributed by atoms with van der Waals surface area (Å²) in [6.07, 6.45) is 1.63. The van der Waals surface area contributed by atoms with E-state index in [1.54, 1.807) is 38.4 Å². The van der Waals surface area contributed by atoms with Gasteiger partial charge in [-0.05, 0) is 45.7 Å². The van der Waals surface area contributed by atoms with E-state index in [2.05, 4.69) is 14.3 Å². The number of Topliss-reactive ketones (excluding diaryl/α,β-unsaturated/α-hetero) is 1. The fourth-order valence-electron chi connectivity index (χ4n) is 4.06. The van der Waals surface area contributed by atoms with Gasteiger partial charge in [0.15, 0.2) is 11.4 Å². The molecule has 0 saturated carbocycles. The van der Waals surface area contributed by atoms with Gasteiger partial charge in [0, 0.05) is 43.0 Å². The number of halogens is 1. The highest BCUT2D eigenvalue weighted by molar-refractivity contribution is 7.10. The van der Waals surface area contributed by atoms with Crippen molar-refractivity contribution in [3.63, 3.8) is 0 Å². The number of nitrogens with zero attached hydrogens (tertiary/aromatic N) is 5. The molecular formula is C25H28ClN5O4S2. The van der Waals surface area contributed by atoms with E-state index < -0.39 is 5.60 Å². The average molecular weight is 562 g/mol. The van der Waals surface area contributed by atoms with Crippen molar-refractivity contribution in [2.75, 3.05) is 25.0 Å². The maximum Gasteiger partial charge on any atom is 0.279 e. The number of aromatic nitrogens is 3. The number of rotatable bonds is 8. The Balaban J connectivity index is 1.34. The molecule has 3 aromatic rings. The minimum atomic E-state index is -1.06. The number of hydrogen-bond donors (Lipinski definition) is 0. The molecule has 4 rings (SSSR count). The number of hydrogen-bond acceptors (Lipinski definition) is 9. The summed E-state index contributed by atoms with van der Waals surface area (Å²) < 4.78 is 10.1. The van der Waals surface area contributed by atoms with Crippen LogP contribution < -0.4 is 9.64 Å². The Bertz CT molecular complexity index is 1300. The molecule has 1 fully saturated rings. The predicted molar refractivity (Wildman–Crippen MR) is 144 cm³/mol. The molecule has 0 unspecified atom stereocenters. The van der Waals surface area contributed by atoms with E-state index in [0.29, 0.717) is 40.5 Å². The van der Waals surface area contributed by atoms with Crippen molar-refractivity contribution in [1.29, 1.82) is 0 Å². The maximum atomic E-state index is 13.2. The van der Waals surface area contributed by atoms with Crippen molar-refractivity contribution in [2.24, 2.45) is 0 Å². The fourth-order valence-corrected chi connectivity index (χ4v) is 5.85. The highest BCUT2D eigenvalue weighted by Gasteiger charge is 2.37. The number of para-hydroxylation sites is 1. The summed E-state index contributed by atoms with van der Waals surface area (Å²) in [6, 6.07) is 7.11. The third kappa shape index (κ3) is 6.34. The number of anilines is 1. The topological polar surface area (TPSA) is 106 Å². The molecule has 0 N–H and O–H groups in total. The molecule has 1 aliphatic heterocycles. The monoisotopic (exact) mass is 561 g/mol. The van der Waals surface area contributed by atoms with Gasteiger partial charge in [-0.3, -0.25) is 19.3 Å². The van der Waals surface area contributed by atoms with Crippen LogP contribution in [0, 0.1) is 0 Å². The van der Waals surface area contributed by atoms with Gasteiger partial charge in [0.05, 0.1) is 16.5 Å². The second kappa shape index (κ2) is 11.2. The van der Waals surface area contributed by atoms with Crippen LogP contribution in [0.5, 0.6) is 5.75 Å². The summed E-state index contributed by atoms with van der Waals surface area (Å²) in [4.78, 5) is 49.6. The smallest absolute Gasteiger partial charge is 0.279 e. The number of carbonyl (C=O) groups is 3. The van der Waals surface area contributed by atoms with Gasteiger partial charge in [0.1, 0.15) is 17.2 Å². The summed E-state index contributed by atoms with van der Waals surface area (Å²) >= 11 is 8.73. The van der Waals surface area contributed by atoms with Crippen LogP contribution in [0.15, 0.2) is 29.6 Å². The standard InChI is InChI=1S/C25H28ClN5O4S2/c1-15(32)13-20-28-24(37-29-20)30(4)22(33)18-14-36-21(27-18)16-9-11-31(12-10-16)23(34)25(2,3)35-19-8-6-5-7-17(19)26/h5-8,14,16H,9-13H2,1-4H3. The number of likely N-dealkylation sites (tertiary alicyclic amines) is 1. The number of piperidine rings is 1. The average Bonchev–Trinajstić information content (AvgIpc) is 3.54. The fraction of sp³-hybridized carbons (Fsp3) is 0.440. The summed E-state index contributed by atoms with van der Waals surface area (Å²) in [5, 5.41) is 3.52. The van der Waals surface area contributed by atoms with E-state index in [9.17, 15) is 14.4 Å². The molecule has 0 atom stereocenters. The summed E-state index contributed by atoms with van der Waals surface area (Å²) in [6.45, 7) is 6.13. The Kier molecular flexibility index (Phi) is 8.25. The zero-order valence-electron chi connectivity index (χ0n) is 21.1. The molecule has 3 heterocycles. The molecule has 0 spiro atoms. The lowest BCUT2D eigenvalue weighted by Gasteiger charge is -2.36. The summed E-state index contributed by atoms with van der Waals surface area (Å²) in [5.41, 5.74) is -0.711. The number of amides is 2. The van der Waals surface area contributed by atoms with E-state index in [4.69, 9.17) is 16.3 Å². The number of ketones is 1. The van der Waals surface area contributed by atoms with Crippen LogP contribution in [0.2, 0.25) is 5.02 Å². The number of thiazole rings is 1. The molecule has 0 radical (unpaired) electrons. The van der Waals surface area contributed by atoms with Crippen molar-refractivity contribution >= 4 is 57.2 Å². The minimum Gasteiger partial charge on any atom is -0.476 e. The maximum absolute atomic E-state index is 13.2. The van der Waals surface area contributed by atoms with Crippen molar-refractivity contribution in [2.45, 2.75) is 51.6 Å². The lowest BCUT2D eigenvalue weighted by atomic mass is 9.96. The van der Waals surface area contributed by atoms with Crippen LogP contribution in [0.25, 0.3) is 0 Å². The molecule has 9 nitrogen and oxygen atoms in total. The number of carbonyl (C=O) groups excluding carboxylic acids is 3. The summed E-state index contributed by atoms with van der Waals surface area (Å²) in [7, 11) is 1.62. The van der Waals surface area contributed by atoms with Gasteiger partial charge in [-0.2, -0.15) is 4.37 Å². The first-order chi connectivity index (χ1) is 17.5. The van der Waals surface area contributed by atoms with Crippen LogP contribution >= 0.6 is 34.5 Å². The molecule has 2 amide bonds. The molecule has 1 aliphatic rings. The minimum absolute atomic E-state index is 0.0353. The first-order valence-corrected chi connectivity index (χ1v) is 13.9. The Labute approximate surface area is 228 Å². The molecule has 0 aliphatic carbocycles. The van der Waals surface area contributed by atoms with Gasteiger partial charge in [-0.25, -0.2) is 9.97 Å². The van der Waals surface area contributed by atoms with Crippen LogP contribution in [-0.4, -0.2) is 62.6 Å². The first kappa shape index (κ1) is 27.2. The van der Waals surface area contributed by atoms with Crippen molar-refractivity contribution in [3.8, 4) is 5.75 Å². The molecule has 0 bridgehead atoms. The second-order valence-electron chi connectivity index (χ2n) is 9.42. The third-order valence-electron chi connectivity index (χ3n) is 6.05. The molecule has 196 valence electrons. The largest absolute Gasteiger partial charge is 0.476 e. The van der Waals surface area contributed by atoms with E-state index in [1.807, 2.05) is 17.0 Å². The quantitative estimate of drug-likeness (QED) is 0.395. The SMILES string of the molecule is CC(=O)Cc1nsc(N(C)C(=O)c2csc(C3CCN(C(=O)C(C)(C)Oc4ccccc4Cl)CC3)n2)n1. The Morgan fingerprint density at radius 2 is 1.89 bits per heavy atom. The van der Waals surface area contributed by atoms with Crippen LogP contribution in [-0.2, 0) is 16.0 Å². The lowest BCUT2D eigenvalue weighted by Crippen LogP contribution is -2.51. The normalized spacial score (nSPS) is 14.5. The lowest BCUT2D eigenvalue weighted by molar-refractivity contribution is -0.146. The zero-order chi connectivity index (χ0) is 26.7. The predicted octanol–water partition coefficient (Wildman–Crippen LogP) is 4.62. The van der Waals surface area contributed by atoms with Gasteiger partial charge in [-0.15, -0.1) is 11.3 Å². The molecule has 1 aromatic carbocycles. The van der Waals surface area contributed by atoms with E-state index >= 15 is 0 Å². The van der Waals surface area contributed by atoms with Gasteiger partial charge in [0.25, 0.3) is 11.8 Å². The Morgan fingerprint density at radius 3 is 2.57 bits per heavy atom. The number of ether oxygens (including phenoxy) is 1. The molecule has 37 heavy (non-hydrogen) atoms. The van der Waals surface area contributed by atoms with Crippen LogP contribution in [0.1, 0.15) is 60.9 Å². The Morgan fingerprint density at radius 1 is 1.19 bits per heavy atom. The highest BCUT2D eigenvalue weighted by atomic mass is 35.5. The van der Waals surface area contributed by atoms with Gasteiger partial charge < -0.3 is 9.64 Å². The van der Waals surface area contributed by atoms with Gasteiger partial charge in [0.2, 0.25) is 5.13 Å². The molecular weight excluding hydrogens is 534 g/mol. The third-order valence-corrected chi connectivity index (χ3v) is 8.20. The molecule has 1 saturated heterocycles. The van der Waals surface area contributed by atoms with E-state index in [0.717, 1.165) is 29.4 Å². The van der Waals surface area contributed by atoms with Gasteiger partial charge in [-0.1, -0.05) is 23.7 Å². The van der Waals surface area contributed by atoms with Crippen molar-refractivity contribution < 1.29 is 19.1 Å². The Hall–Kier alpha value is -2.89. The molecule has 12 heteroatoms. The van der Waals surface area contributed by atoms with Crippen molar-refractivity contribution in [1.82, 2.24) is 19.2 Å². The highest BCUT2D eigenvalue weighted by Crippen LogP contribution is 2.33. The van der Waals surface area contributed by atoms with Crippen LogP contribution in [0.4, 0.5) is 5.13 Å². The van der Waals surface area contributed by atoms with E-state index in [-0.39, 0.29) is 29.9 Å². The van der Waals surface area contributed by atoms with Gasteiger partial charge >= 0.3 is 0 Å². The van der Waals surface area contributed by atoms with Crippen LogP contribution in [0.3, 0.4) is 0 Å². The van der Waals surface area contributed by atoms with Crippen molar-refractivity contribution in [3.05, 3.63) is 51.2 Å². The first-order valence-electron chi connectivity index (χ1n) is 11.8. The molecule has 2 aromatic heterocycles. The summed E-state index contributed by atoms with van der Waals surface area (Å²) in [5.74, 6) is 0.644. The number of benzene rings is 1. The van der Waals surface area contributed by atoms with E-state index in [1.165, 1.54) is 23.2 Å². The zero-order valence-corrected chi connectivity index (χ0v) is 23.5.